The molecule has 0 aliphatic carbocycles. The van der Waals surface area contributed by atoms with Crippen LogP contribution in [0, 0.1) is 34.3 Å². The fourth-order valence-electron chi connectivity index (χ4n) is 3.87. The molecule has 0 aliphatic heterocycles. The first-order chi connectivity index (χ1) is 16.5. The van der Waals surface area contributed by atoms with Crippen LogP contribution < -0.4 is 5.73 Å². The van der Waals surface area contributed by atoms with Crippen LogP contribution in [0.1, 0.15) is 112 Å². The molecule has 0 bridgehead atoms. The van der Waals surface area contributed by atoms with Crippen molar-refractivity contribution in [3.05, 3.63) is 57.1 Å². The number of nitrogen functional groups attached to an aromatic ring is 1. The molecule has 0 heterocycles. The first-order valence-electron chi connectivity index (χ1n) is 11.9. The standard InChI is InChI=1S/C15H17FN2O.C13H17FN2/c1-5-10(4)12-6-11(7-17)14(16)13(9(2)3)15(12)18-8-19;1-4-8(3)11-6-9(7-15)12(14)10(5-2)13(11)16/h6,9-10H,5H2,1-4H3;6,8H,4-5,16H2,1-3H3. The van der Waals surface area contributed by atoms with Gasteiger partial charge in [0.25, 0.3) is 0 Å². The minimum absolute atomic E-state index is 0.00356. The Morgan fingerprint density at radius 1 is 0.914 bits per heavy atom. The Kier molecular flexibility index (Phi) is 11.3. The molecule has 0 aliphatic rings. The van der Waals surface area contributed by atoms with Crippen LogP contribution in [0.3, 0.4) is 0 Å². The van der Waals surface area contributed by atoms with Gasteiger partial charge in [-0.2, -0.15) is 15.5 Å². The molecule has 0 fully saturated rings. The minimum atomic E-state index is -0.585. The molecule has 5 nitrogen and oxygen atoms in total. The van der Waals surface area contributed by atoms with Gasteiger partial charge in [0, 0.05) is 16.8 Å². The van der Waals surface area contributed by atoms with E-state index in [1.165, 1.54) is 12.1 Å². The van der Waals surface area contributed by atoms with Gasteiger partial charge in [-0.25, -0.2) is 13.6 Å². The molecule has 0 amide bonds. The van der Waals surface area contributed by atoms with Gasteiger partial charge in [-0.3, -0.25) is 0 Å². The summed E-state index contributed by atoms with van der Waals surface area (Å²) in [4.78, 5) is 14.3. The molecule has 0 spiro atoms. The van der Waals surface area contributed by atoms with Crippen molar-refractivity contribution in [3.8, 4) is 12.1 Å². The Hall–Kier alpha value is -3.54. The fraction of sp³-hybridized carbons (Fsp3) is 0.464. The van der Waals surface area contributed by atoms with Crippen LogP contribution >= 0.6 is 0 Å². The van der Waals surface area contributed by atoms with Crippen LogP contribution in [-0.4, -0.2) is 6.08 Å². The van der Waals surface area contributed by atoms with Crippen LogP contribution in [-0.2, 0) is 11.2 Å². The predicted octanol–water partition coefficient (Wildman–Crippen LogP) is 7.66. The molecule has 0 radical (unpaired) electrons. The van der Waals surface area contributed by atoms with Gasteiger partial charge in [-0.05, 0) is 60.3 Å². The topological polar surface area (TPSA) is 103 Å². The van der Waals surface area contributed by atoms with Gasteiger partial charge >= 0.3 is 0 Å². The Morgan fingerprint density at radius 3 is 1.83 bits per heavy atom. The average molecular weight is 481 g/mol. The monoisotopic (exact) mass is 480 g/mol. The summed E-state index contributed by atoms with van der Waals surface area (Å²) >= 11 is 0. The Balaban J connectivity index is 0.000000355. The molecule has 2 aromatic carbocycles. The van der Waals surface area contributed by atoms with Crippen molar-refractivity contribution < 1.29 is 13.6 Å². The molecule has 0 saturated carbocycles. The lowest BCUT2D eigenvalue weighted by molar-refractivity contribution is 0.564. The van der Waals surface area contributed by atoms with E-state index in [1.807, 2.05) is 60.6 Å². The van der Waals surface area contributed by atoms with Gasteiger partial charge in [0.1, 0.15) is 23.8 Å². The van der Waals surface area contributed by atoms with E-state index in [2.05, 4.69) is 4.99 Å². The number of nitrogens with two attached hydrogens (primary N) is 1. The number of benzene rings is 2. The SMILES string of the molecule is CCC(C)c1cc(C#N)c(F)c(C(C)C)c1N=C=O.CCc1c(N)c(C(C)CC)cc(C#N)c1F. The van der Waals surface area contributed by atoms with Crippen molar-refractivity contribution in [1.82, 2.24) is 0 Å². The summed E-state index contributed by atoms with van der Waals surface area (Å²) in [5.41, 5.74) is 9.28. The highest BCUT2D eigenvalue weighted by Crippen LogP contribution is 2.39. The Labute approximate surface area is 207 Å². The largest absolute Gasteiger partial charge is 0.398 e. The summed E-state index contributed by atoms with van der Waals surface area (Å²) in [6.45, 7) is 13.5. The number of nitrogens with zero attached hydrogens (tertiary/aromatic N) is 3. The van der Waals surface area contributed by atoms with E-state index in [-0.39, 0.29) is 28.9 Å². The lowest BCUT2D eigenvalue weighted by Gasteiger charge is -2.18. The van der Waals surface area contributed by atoms with Crippen LogP contribution in [0.2, 0.25) is 0 Å². The van der Waals surface area contributed by atoms with Gasteiger partial charge in [-0.15, -0.1) is 0 Å². The third-order valence-electron chi connectivity index (χ3n) is 6.35. The number of nitriles is 2. The normalized spacial score (nSPS) is 12.0. The fourth-order valence-corrected chi connectivity index (χ4v) is 3.87. The molecule has 186 valence electrons. The van der Waals surface area contributed by atoms with E-state index < -0.39 is 11.6 Å². The number of anilines is 1. The summed E-state index contributed by atoms with van der Waals surface area (Å²) in [6, 6.07) is 6.82. The zero-order chi connectivity index (χ0) is 26.9. The highest BCUT2D eigenvalue weighted by Gasteiger charge is 2.22. The van der Waals surface area contributed by atoms with E-state index in [0.29, 0.717) is 28.9 Å². The molecule has 2 N–H and O–H groups in total. The van der Waals surface area contributed by atoms with Gasteiger partial charge in [0.05, 0.1) is 16.8 Å². The maximum atomic E-state index is 14.2. The van der Waals surface area contributed by atoms with Crippen molar-refractivity contribution in [2.45, 2.75) is 85.5 Å². The van der Waals surface area contributed by atoms with Crippen molar-refractivity contribution in [1.29, 1.82) is 10.5 Å². The van der Waals surface area contributed by atoms with Crippen molar-refractivity contribution in [2.24, 2.45) is 4.99 Å². The lowest BCUT2D eigenvalue weighted by atomic mass is 9.88. The van der Waals surface area contributed by atoms with Gasteiger partial charge in [0.15, 0.2) is 0 Å². The zero-order valence-corrected chi connectivity index (χ0v) is 21.6. The number of aliphatic imine (C=N–C) groups is 1. The first kappa shape index (κ1) is 29.5. The highest BCUT2D eigenvalue weighted by atomic mass is 19.1. The quantitative estimate of drug-likeness (QED) is 0.249. The molecule has 7 heteroatoms. The second-order valence-electron chi connectivity index (χ2n) is 8.86. The average Bonchev–Trinajstić information content (AvgIpc) is 2.84. The van der Waals surface area contributed by atoms with Crippen molar-refractivity contribution >= 4 is 17.5 Å². The number of hydrogen-bond donors (Lipinski definition) is 1. The molecule has 2 unspecified atom stereocenters. The van der Waals surface area contributed by atoms with Crippen LogP contribution in [0.25, 0.3) is 0 Å². The number of halogens is 2. The molecular weight excluding hydrogens is 446 g/mol. The van der Waals surface area contributed by atoms with Crippen LogP contribution in [0.15, 0.2) is 17.1 Å². The van der Waals surface area contributed by atoms with Crippen LogP contribution in [0.5, 0.6) is 0 Å². The molecule has 0 saturated heterocycles. The van der Waals surface area contributed by atoms with Gasteiger partial charge in [0.2, 0.25) is 6.08 Å². The first-order valence-corrected chi connectivity index (χ1v) is 11.9. The third kappa shape index (κ3) is 6.53. The molecule has 35 heavy (non-hydrogen) atoms. The Bertz CT molecular complexity index is 1190. The van der Waals surface area contributed by atoms with Crippen LogP contribution in [0.4, 0.5) is 20.2 Å². The summed E-state index contributed by atoms with van der Waals surface area (Å²) in [6.07, 6.45) is 3.73. The molecule has 0 aromatic heterocycles. The van der Waals surface area contributed by atoms with E-state index in [4.69, 9.17) is 16.3 Å². The number of isocyanates is 1. The maximum Gasteiger partial charge on any atom is 0.240 e. The van der Waals surface area contributed by atoms with E-state index in [9.17, 15) is 13.6 Å². The van der Waals surface area contributed by atoms with Gasteiger partial charge < -0.3 is 5.73 Å². The predicted molar refractivity (Wildman–Crippen MR) is 135 cm³/mol. The van der Waals surface area contributed by atoms with E-state index in [1.54, 1.807) is 6.07 Å². The lowest BCUT2D eigenvalue weighted by Crippen LogP contribution is -2.06. The summed E-state index contributed by atoms with van der Waals surface area (Å²) in [5, 5.41) is 17.9. The number of hydrogen-bond acceptors (Lipinski definition) is 5. The molecule has 2 rings (SSSR count). The number of rotatable bonds is 7. The second-order valence-corrected chi connectivity index (χ2v) is 8.86. The Morgan fingerprint density at radius 2 is 1.40 bits per heavy atom. The maximum absolute atomic E-state index is 14.2. The van der Waals surface area contributed by atoms with E-state index >= 15 is 0 Å². The highest BCUT2D eigenvalue weighted by molar-refractivity contribution is 5.64. The summed E-state index contributed by atoms with van der Waals surface area (Å²) < 4.78 is 28.0. The summed E-state index contributed by atoms with van der Waals surface area (Å²) in [7, 11) is 0. The summed E-state index contributed by atoms with van der Waals surface area (Å²) in [5.74, 6) is -0.869. The molecule has 2 atom stereocenters. The molecule has 2 aromatic rings. The third-order valence-corrected chi connectivity index (χ3v) is 6.35. The zero-order valence-electron chi connectivity index (χ0n) is 21.6. The van der Waals surface area contributed by atoms with Gasteiger partial charge in [-0.1, -0.05) is 48.5 Å². The minimum Gasteiger partial charge on any atom is -0.398 e. The smallest absolute Gasteiger partial charge is 0.240 e. The van der Waals surface area contributed by atoms with E-state index in [0.717, 1.165) is 24.0 Å². The second kappa shape index (κ2) is 13.4. The van der Waals surface area contributed by atoms with Crippen molar-refractivity contribution in [2.75, 3.05) is 5.73 Å². The number of carbonyl (C=O) groups excluding carboxylic acids is 1. The van der Waals surface area contributed by atoms with Crippen molar-refractivity contribution in [3.63, 3.8) is 0 Å². The molecular formula is C28H34F2N4O.